The fourth-order valence-electron chi connectivity index (χ4n) is 4.02. The summed E-state index contributed by atoms with van der Waals surface area (Å²) in [6, 6.07) is 8.79. The molecule has 0 unspecified atom stereocenters. The summed E-state index contributed by atoms with van der Waals surface area (Å²) in [5, 5.41) is 1.42. The van der Waals surface area contributed by atoms with E-state index in [-0.39, 0.29) is 5.79 Å². The Kier molecular flexibility index (Phi) is 3.27. The van der Waals surface area contributed by atoms with Gasteiger partial charge in [0.05, 0.1) is 13.2 Å². The summed E-state index contributed by atoms with van der Waals surface area (Å²) in [6.45, 7) is 4.77. The molecule has 2 aliphatic rings. The van der Waals surface area contributed by atoms with Crippen LogP contribution in [0.1, 0.15) is 44.1 Å². The van der Waals surface area contributed by atoms with E-state index in [1.54, 1.807) is 0 Å². The maximum atomic E-state index is 5.85. The third kappa shape index (κ3) is 2.19. The Morgan fingerprint density at radius 2 is 1.86 bits per heavy atom. The molecule has 1 aromatic heterocycles. The van der Waals surface area contributed by atoms with Gasteiger partial charge in [0.2, 0.25) is 0 Å². The van der Waals surface area contributed by atoms with E-state index < -0.39 is 0 Å². The maximum absolute atomic E-state index is 5.85. The van der Waals surface area contributed by atoms with Gasteiger partial charge in [-0.2, -0.15) is 0 Å². The molecule has 1 spiro atoms. The highest BCUT2D eigenvalue weighted by Crippen LogP contribution is 2.44. The Morgan fingerprint density at radius 1 is 1.14 bits per heavy atom. The van der Waals surface area contributed by atoms with Crippen molar-refractivity contribution in [2.75, 3.05) is 13.2 Å². The molecular weight excluding hydrogens is 262 g/mol. The topological polar surface area (TPSA) is 23.4 Å². The molecule has 1 aliphatic carbocycles. The van der Waals surface area contributed by atoms with Gasteiger partial charge in [-0.1, -0.05) is 18.2 Å². The third-order valence-corrected chi connectivity index (χ3v) is 5.16. The molecule has 2 aromatic rings. The average molecular weight is 285 g/mol. The van der Waals surface area contributed by atoms with E-state index >= 15 is 0 Å². The summed E-state index contributed by atoms with van der Waals surface area (Å²) in [7, 11) is 0. The second-order valence-electron chi connectivity index (χ2n) is 6.27. The monoisotopic (exact) mass is 285 g/mol. The summed E-state index contributed by atoms with van der Waals surface area (Å²) < 4.78 is 14.1. The highest BCUT2D eigenvalue weighted by atomic mass is 16.7. The van der Waals surface area contributed by atoms with Crippen LogP contribution in [0, 0.1) is 0 Å². The molecule has 1 saturated carbocycles. The molecule has 21 heavy (non-hydrogen) atoms. The summed E-state index contributed by atoms with van der Waals surface area (Å²) >= 11 is 0. The van der Waals surface area contributed by atoms with Crippen molar-refractivity contribution in [1.82, 2.24) is 4.57 Å². The van der Waals surface area contributed by atoms with E-state index in [1.165, 1.54) is 16.5 Å². The first-order valence-corrected chi connectivity index (χ1v) is 8.17. The van der Waals surface area contributed by atoms with Gasteiger partial charge in [-0.3, -0.25) is 0 Å². The lowest BCUT2D eigenvalue weighted by molar-refractivity contribution is -0.178. The first kappa shape index (κ1) is 13.4. The molecule has 0 atom stereocenters. The number of para-hydroxylation sites is 1. The fourth-order valence-corrected chi connectivity index (χ4v) is 4.02. The van der Waals surface area contributed by atoms with Gasteiger partial charge in [0, 0.05) is 36.5 Å². The van der Waals surface area contributed by atoms with E-state index in [4.69, 9.17) is 9.47 Å². The number of benzene rings is 1. The van der Waals surface area contributed by atoms with Crippen LogP contribution in [-0.4, -0.2) is 23.6 Å². The molecule has 2 fully saturated rings. The van der Waals surface area contributed by atoms with Gasteiger partial charge in [0.25, 0.3) is 0 Å². The summed E-state index contributed by atoms with van der Waals surface area (Å²) in [6.07, 6.45) is 6.76. The Morgan fingerprint density at radius 3 is 2.57 bits per heavy atom. The van der Waals surface area contributed by atoms with Gasteiger partial charge in [-0.05, 0) is 37.3 Å². The van der Waals surface area contributed by atoms with E-state index in [0.717, 1.165) is 45.4 Å². The molecule has 112 valence electrons. The van der Waals surface area contributed by atoms with Crippen LogP contribution < -0.4 is 0 Å². The van der Waals surface area contributed by atoms with Crippen LogP contribution in [0.15, 0.2) is 30.5 Å². The van der Waals surface area contributed by atoms with Gasteiger partial charge in [-0.25, -0.2) is 0 Å². The number of ether oxygens (including phenoxy) is 2. The molecule has 0 radical (unpaired) electrons. The van der Waals surface area contributed by atoms with E-state index in [0.29, 0.717) is 5.92 Å². The Bertz CT molecular complexity index is 630. The van der Waals surface area contributed by atoms with E-state index in [2.05, 4.69) is 42.0 Å². The molecule has 0 bridgehead atoms. The van der Waals surface area contributed by atoms with Gasteiger partial charge in [-0.15, -0.1) is 0 Å². The molecule has 2 heterocycles. The van der Waals surface area contributed by atoms with Crippen LogP contribution >= 0.6 is 0 Å². The van der Waals surface area contributed by atoms with Gasteiger partial charge in [0.1, 0.15) is 0 Å². The highest BCUT2D eigenvalue weighted by molar-refractivity contribution is 5.84. The molecule has 1 saturated heterocycles. The lowest BCUT2D eigenvalue weighted by Gasteiger charge is -2.35. The largest absolute Gasteiger partial charge is 0.348 e. The zero-order chi connectivity index (χ0) is 14.3. The quantitative estimate of drug-likeness (QED) is 0.830. The normalized spacial score (nSPS) is 22.3. The summed E-state index contributed by atoms with van der Waals surface area (Å²) in [5.41, 5.74) is 2.88. The van der Waals surface area contributed by atoms with Crippen molar-refractivity contribution in [2.45, 2.75) is 50.9 Å². The second kappa shape index (κ2) is 5.15. The van der Waals surface area contributed by atoms with Gasteiger partial charge >= 0.3 is 0 Å². The molecule has 3 nitrogen and oxygen atoms in total. The van der Waals surface area contributed by atoms with Crippen molar-refractivity contribution in [2.24, 2.45) is 0 Å². The zero-order valence-corrected chi connectivity index (χ0v) is 12.7. The standard InChI is InChI=1S/C18H23NO2/c1-2-19-13-16(15-5-3-4-6-17(15)19)14-7-9-18(10-8-14)20-11-12-21-18/h3-6,13-14H,2,7-12H2,1H3. The number of nitrogens with zero attached hydrogens (tertiary/aromatic N) is 1. The zero-order valence-electron chi connectivity index (χ0n) is 12.7. The van der Waals surface area contributed by atoms with Crippen molar-refractivity contribution >= 4 is 10.9 Å². The minimum Gasteiger partial charge on any atom is -0.348 e. The van der Waals surface area contributed by atoms with Crippen LogP contribution in [0.4, 0.5) is 0 Å². The molecule has 1 aromatic carbocycles. The number of rotatable bonds is 2. The molecule has 4 rings (SSSR count). The summed E-state index contributed by atoms with van der Waals surface area (Å²) in [4.78, 5) is 0. The Labute approximate surface area is 125 Å². The Hall–Kier alpha value is -1.32. The highest BCUT2D eigenvalue weighted by Gasteiger charge is 2.40. The first-order chi connectivity index (χ1) is 10.3. The molecule has 3 heteroatoms. The number of aryl methyl sites for hydroxylation is 1. The fraction of sp³-hybridized carbons (Fsp3) is 0.556. The lowest BCUT2D eigenvalue weighted by atomic mass is 9.81. The molecular formula is C18H23NO2. The van der Waals surface area contributed by atoms with Crippen LogP contribution in [-0.2, 0) is 16.0 Å². The maximum Gasteiger partial charge on any atom is 0.168 e. The third-order valence-electron chi connectivity index (χ3n) is 5.16. The number of aromatic nitrogens is 1. The van der Waals surface area contributed by atoms with Crippen molar-refractivity contribution in [3.05, 3.63) is 36.0 Å². The lowest BCUT2D eigenvalue weighted by Crippen LogP contribution is -2.34. The van der Waals surface area contributed by atoms with Crippen molar-refractivity contribution < 1.29 is 9.47 Å². The SMILES string of the molecule is CCn1cc(C2CCC3(CC2)OCCO3)c2ccccc21. The first-order valence-electron chi connectivity index (χ1n) is 8.17. The number of fused-ring (bicyclic) bond motifs is 1. The predicted molar refractivity (Wildman–Crippen MR) is 83.5 cm³/mol. The number of hydrogen-bond donors (Lipinski definition) is 0. The van der Waals surface area contributed by atoms with E-state index in [1.807, 2.05) is 0 Å². The number of hydrogen-bond acceptors (Lipinski definition) is 2. The van der Waals surface area contributed by atoms with Crippen molar-refractivity contribution in [3.8, 4) is 0 Å². The van der Waals surface area contributed by atoms with Crippen LogP contribution in [0.2, 0.25) is 0 Å². The second-order valence-corrected chi connectivity index (χ2v) is 6.27. The van der Waals surface area contributed by atoms with Crippen LogP contribution in [0.3, 0.4) is 0 Å². The van der Waals surface area contributed by atoms with Crippen molar-refractivity contribution in [3.63, 3.8) is 0 Å². The molecule has 1 aliphatic heterocycles. The molecule has 0 N–H and O–H groups in total. The predicted octanol–water partition coefficient (Wildman–Crippen LogP) is 4.06. The van der Waals surface area contributed by atoms with Crippen LogP contribution in [0.5, 0.6) is 0 Å². The minimum atomic E-state index is -0.250. The van der Waals surface area contributed by atoms with Gasteiger partial charge < -0.3 is 14.0 Å². The average Bonchev–Trinajstić information content (AvgIpc) is 3.13. The van der Waals surface area contributed by atoms with Crippen LogP contribution in [0.25, 0.3) is 10.9 Å². The Balaban J connectivity index is 1.62. The van der Waals surface area contributed by atoms with Crippen molar-refractivity contribution in [1.29, 1.82) is 0 Å². The van der Waals surface area contributed by atoms with E-state index in [9.17, 15) is 0 Å². The summed E-state index contributed by atoms with van der Waals surface area (Å²) in [5.74, 6) is 0.390. The smallest absolute Gasteiger partial charge is 0.168 e. The minimum absolute atomic E-state index is 0.250. The van der Waals surface area contributed by atoms with Gasteiger partial charge in [0.15, 0.2) is 5.79 Å². The molecule has 0 amide bonds.